The molecule has 1 aromatic heterocycles. The molecular formula is C17H24N2O. The van der Waals surface area contributed by atoms with Gasteiger partial charge in [0, 0.05) is 11.4 Å². The SMILES string of the molecule is CC(C)NCCCCCOc1cnc2ccccc2c1. The molecule has 3 nitrogen and oxygen atoms in total. The monoisotopic (exact) mass is 272 g/mol. The van der Waals surface area contributed by atoms with Gasteiger partial charge in [0.15, 0.2) is 0 Å². The van der Waals surface area contributed by atoms with Crippen LogP contribution in [0.3, 0.4) is 0 Å². The summed E-state index contributed by atoms with van der Waals surface area (Å²) >= 11 is 0. The maximum Gasteiger partial charge on any atom is 0.138 e. The van der Waals surface area contributed by atoms with Crippen LogP contribution in [0.4, 0.5) is 0 Å². The van der Waals surface area contributed by atoms with Crippen molar-refractivity contribution in [2.75, 3.05) is 13.2 Å². The molecule has 20 heavy (non-hydrogen) atoms. The maximum atomic E-state index is 5.76. The molecule has 0 saturated heterocycles. The van der Waals surface area contributed by atoms with E-state index in [1.807, 2.05) is 24.4 Å². The smallest absolute Gasteiger partial charge is 0.138 e. The molecule has 2 aromatic rings. The molecule has 0 aliphatic carbocycles. The molecule has 0 aliphatic rings. The van der Waals surface area contributed by atoms with Crippen LogP contribution in [0.25, 0.3) is 10.9 Å². The molecule has 2 rings (SSSR count). The third-order valence-corrected chi connectivity index (χ3v) is 3.21. The van der Waals surface area contributed by atoms with Gasteiger partial charge in [0.25, 0.3) is 0 Å². The zero-order valence-electron chi connectivity index (χ0n) is 12.4. The van der Waals surface area contributed by atoms with Crippen molar-refractivity contribution in [1.82, 2.24) is 10.3 Å². The summed E-state index contributed by atoms with van der Waals surface area (Å²) in [6, 6.07) is 10.7. The zero-order chi connectivity index (χ0) is 14.2. The average molecular weight is 272 g/mol. The van der Waals surface area contributed by atoms with Crippen molar-refractivity contribution in [2.24, 2.45) is 0 Å². The number of fused-ring (bicyclic) bond motifs is 1. The lowest BCUT2D eigenvalue weighted by Crippen LogP contribution is -2.23. The highest BCUT2D eigenvalue weighted by atomic mass is 16.5. The van der Waals surface area contributed by atoms with Crippen LogP contribution in [-0.2, 0) is 0 Å². The van der Waals surface area contributed by atoms with Crippen LogP contribution in [0.5, 0.6) is 5.75 Å². The number of hydrogen-bond donors (Lipinski definition) is 1. The number of unbranched alkanes of at least 4 members (excludes halogenated alkanes) is 2. The first-order valence-electron chi connectivity index (χ1n) is 7.46. The molecule has 0 amide bonds. The highest BCUT2D eigenvalue weighted by molar-refractivity contribution is 5.79. The summed E-state index contributed by atoms with van der Waals surface area (Å²) in [4.78, 5) is 4.39. The van der Waals surface area contributed by atoms with Crippen molar-refractivity contribution < 1.29 is 4.74 Å². The highest BCUT2D eigenvalue weighted by Gasteiger charge is 1.98. The van der Waals surface area contributed by atoms with Crippen LogP contribution in [0.15, 0.2) is 36.5 Å². The van der Waals surface area contributed by atoms with Crippen molar-refractivity contribution >= 4 is 10.9 Å². The summed E-state index contributed by atoms with van der Waals surface area (Å²) in [7, 11) is 0. The highest BCUT2D eigenvalue weighted by Crippen LogP contribution is 2.18. The largest absolute Gasteiger partial charge is 0.492 e. The van der Waals surface area contributed by atoms with Crippen molar-refractivity contribution in [2.45, 2.75) is 39.2 Å². The number of nitrogens with one attached hydrogen (secondary N) is 1. The Balaban J connectivity index is 1.68. The molecule has 1 heterocycles. The number of nitrogens with zero attached hydrogens (tertiary/aromatic N) is 1. The molecule has 0 radical (unpaired) electrons. The van der Waals surface area contributed by atoms with Crippen LogP contribution in [-0.4, -0.2) is 24.2 Å². The van der Waals surface area contributed by atoms with E-state index < -0.39 is 0 Å². The molecule has 0 saturated carbocycles. The van der Waals surface area contributed by atoms with Crippen molar-refractivity contribution in [1.29, 1.82) is 0 Å². The van der Waals surface area contributed by atoms with E-state index in [9.17, 15) is 0 Å². The maximum absolute atomic E-state index is 5.76. The normalized spacial score (nSPS) is 11.2. The Kier molecular flexibility index (Phi) is 5.81. The summed E-state index contributed by atoms with van der Waals surface area (Å²) in [6.45, 7) is 6.21. The predicted molar refractivity (Wildman–Crippen MR) is 84.2 cm³/mol. The first-order chi connectivity index (χ1) is 9.75. The first-order valence-corrected chi connectivity index (χ1v) is 7.46. The molecule has 1 N–H and O–H groups in total. The van der Waals surface area contributed by atoms with Gasteiger partial charge in [-0.2, -0.15) is 0 Å². The van der Waals surface area contributed by atoms with Crippen LogP contribution in [0.1, 0.15) is 33.1 Å². The van der Waals surface area contributed by atoms with Gasteiger partial charge in [-0.15, -0.1) is 0 Å². The summed E-state index contributed by atoms with van der Waals surface area (Å²) < 4.78 is 5.76. The Morgan fingerprint density at radius 3 is 2.85 bits per heavy atom. The van der Waals surface area contributed by atoms with Gasteiger partial charge >= 0.3 is 0 Å². The molecule has 3 heteroatoms. The Morgan fingerprint density at radius 2 is 2.00 bits per heavy atom. The van der Waals surface area contributed by atoms with E-state index in [2.05, 4.69) is 36.3 Å². The predicted octanol–water partition coefficient (Wildman–Crippen LogP) is 3.78. The topological polar surface area (TPSA) is 34.1 Å². The second kappa shape index (κ2) is 7.85. The summed E-state index contributed by atoms with van der Waals surface area (Å²) in [5.74, 6) is 0.865. The van der Waals surface area contributed by atoms with E-state index in [-0.39, 0.29) is 0 Å². The summed E-state index contributed by atoms with van der Waals surface area (Å²) in [6.07, 6.45) is 5.30. The van der Waals surface area contributed by atoms with E-state index in [1.54, 1.807) is 0 Å². The molecule has 0 spiro atoms. The number of hydrogen-bond acceptors (Lipinski definition) is 3. The summed E-state index contributed by atoms with van der Waals surface area (Å²) in [5.41, 5.74) is 1.01. The standard InChI is InChI=1S/C17H24N2O/c1-14(2)18-10-6-3-7-11-20-16-12-15-8-4-5-9-17(15)19-13-16/h4-5,8-9,12-14,18H,3,6-7,10-11H2,1-2H3. The number of ether oxygens (including phenoxy) is 1. The van der Waals surface area contributed by atoms with E-state index >= 15 is 0 Å². The molecule has 1 aromatic carbocycles. The summed E-state index contributed by atoms with van der Waals surface area (Å²) in [5, 5.41) is 4.55. The van der Waals surface area contributed by atoms with Gasteiger partial charge in [-0.1, -0.05) is 32.0 Å². The Morgan fingerprint density at radius 1 is 1.15 bits per heavy atom. The Hall–Kier alpha value is -1.61. The van der Waals surface area contributed by atoms with E-state index in [0.717, 1.165) is 36.2 Å². The minimum atomic E-state index is 0.579. The van der Waals surface area contributed by atoms with E-state index in [0.29, 0.717) is 6.04 Å². The second-order valence-electron chi connectivity index (χ2n) is 5.38. The molecular weight excluding hydrogens is 248 g/mol. The van der Waals surface area contributed by atoms with E-state index in [1.165, 1.54) is 12.8 Å². The van der Waals surface area contributed by atoms with Gasteiger partial charge in [0.2, 0.25) is 0 Å². The van der Waals surface area contributed by atoms with E-state index in [4.69, 9.17) is 4.74 Å². The van der Waals surface area contributed by atoms with Crippen LogP contribution in [0, 0.1) is 0 Å². The minimum Gasteiger partial charge on any atom is -0.492 e. The average Bonchev–Trinajstić information content (AvgIpc) is 2.46. The number of rotatable bonds is 8. The lowest BCUT2D eigenvalue weighted by molar-refractivity contribution is 0.304. The fraction of sp³-hybridized carbons (Fsp3) is 0.471. The van der Waals surface area contributed by atoms with Crippen molar-refractivity contribution in [3.05, 3.63) is 36.5 Å². The van der Waals surface area contributed by atoms with Gasteiger partial charge in [-0.3, -0.25) is 4.98 Å². The van der Waals surface area contributed by atoms with Gasteiger partial charge in [-0.05, 0) is 37.9 Å². The fourth-order valence-electron chi connectivity index (χ4n) is 2.11. The number of pyridine rings is 1. The Labute approximate surface area is 121 Å². The lowest BCUT2D eigenvalue weighted by atomic mass is 10.2. The number of aromatic nitrogens is 1. The minimum absolute atomic E-state index is 0.579. The first kappa shape index (κ1) is 14.8. The second-order valence-corrected chi connectivity index (χ2v) is 5.38. The molecule has 0 aliphatic heterocycles. The van der Waals surface area contributed by atoms with Gasteiger partial charge in [0.1, 0.15) is 5.75 Å². The van der Waals surface area contributed by atoms with Crippen molar-refractivity contribution in [3.63, 3.8) is 0 Å². The molecule has 0 bridgehead atoms. The molecule has 108 valence electrons. The number of para-hydroxylation sites is 1. The Bertz CT molecular complexity index is 525. The number of benzene rings is 1. The third-order valence-electron chi connectivity index (χ3n) is 3.21. The quantitative estimate of drug-likeness (QED) is 0.743. The zero-order valence-corrected chi connectivity index (χ0v) is 12.4. The fourth-order valence-corrected chi connectivity index (χ4v) is 2.11. The van der Waals surface area contributed by atoms with Crippen LogP contribution in [0.2, 0.25) is 0 Å². The van der Waals surface area contributed by atoms with Crippen molar-refractivity contribution in [3.8, 4) is 5.75 Å². The molecule has 0 fully saturated rings. The van der Waals surface area contributed by atoms with Gasteiger partial charge < -0.3 is 10.1 Å². The van der Waals surface area contributed by atoms with Crippen LogP contribution < -0.4 is 10.1 Å². The molecule has 0 unspecified atom stereocenters. The third kappa shape index (κ3) is 4.82. The van der Waals surface area contributed by atoms with Gasteiger partial charge in [0.05, 0.1) is 18.3 Å². The molecule has 0 atom stereocenters. The van der Waals surface area contributed by atoms with Crippen LogP contribution >= 0.6 is 0 Å². The van der Waals surface area contributed by atoms with Gasteiger partial charge in [-0.25, -0.2) is 0 Å². The lowest BCUT2D eigenvalue weighted by Gasteiger charge is -2.08.